The van der Waals surface area contributed by atoms with E-state index in [1.54, 1.807) is 0 Å². The van der Waals surface area contributed by atoms with Gasteiger partial charge in [-0.1, -0.05) is 5.92 Å². The van der Waals surface area contributed by atoms with Gasteiger partial charge < -0.3 is 14.2 Å². The first-order valence-corrected chi connectivity index (χ1v) is 4.70. The molecule has 1 rings (SSSR count). The highest BCUT2D eigenvalue weighted by molar-refractivity contribution is 6.18. The highest BCUT2D eigenvalue weighted by Gasteiger charge is 2.24. The summed E-state index contributed by atoms with van der Waals surface area (Å²) < 4.78 is 15.5. The monoisotopic (exact) mass is 204 g/mol. The fraction of sp³-hybridized carbons (Fsp3) is 0.778. The van der Waals surface area contributed by atoms with Gasteiger partial charge in [-0.05, 0) is 0 Å². The summed E-state index contributed by atoms with van der Waals surface area (Å²) in [5, 5.41) is 0. The number of hydrogen-bond donors (Lipinski definition) is 0. The van der Waals surface area contributed by atoms with Gasteiger partial charge in [0, 0.05) is 0 Å². The molecule has 0 bridgehead atoms. The van der Waals surface area contributed by atoms with E-state index in [2.05, 4.69) is 5.92 Å². The summed E-state index contributed by atoms with van der Waals surface area (Å²) in [7, 11) is 0. The zero-order chi connectivity index (χ0) is 9.52. The quantitative estimate of drug-likeness (QED) is 0.264. The molecule has 0 radical (unpaired) electrons. The van der Waals surface area contributed by atoms with Crippen molar-refractivity contribution in [1.82, 2.24) is 0 Å². The average molecular weight is 205 g/mol. The van der Waals surface area contributed by atoms with Crippen LogP contribution in [0.4, 0.5) is 0 Å². The van der Waals surface area contributed by atoms with Gasteiger partial charge in [-0.2, -0.15) is 0 Å². The number of terminal acetylenes is 1. The Hall–Kier alpha value is -0.270. The predicted octanol–water partition coefficient (Wildman–Crippen LogP) is 0.659. The molecule has 2 atom stereocenters. The second kappa shape index (κ2) is 6.22. The van der Waals surface area contributed by atoms with E-state index in [0.29, 0.717) is 25.7 Å². The molecule has 0 spiro atoms. The largest absolute Gasteiger partial charge is 0.372 e. The summed E-state index contributed by atoms with van der Waals surface area (Å²) in [6.07, 6.45) is 5.20. The predicted molar refractivity (Wildman–Crippen MR) is 49.9 cm³/mol. The highest BCUT2D eigenvalue weighted by atomic mass is 35.5. The molecule has 0 unspecified atom stereocenters. The Morgan fingerprint density at radius 1 is 1.69 bits per heavy atom. The molecule has 1 aliphatic heterocycles. The molecule has 1 fully saturated rings. The summed E-state index contributed by atoms with van der Waals surface area (Å²) in [6.45, 7) is 2.13. The Labute approximate surface area is 83.3 Å². The molecule has 3 nitrogen and oxygen atoms in total. The highest BCUT2D eigenvalue weighted by Crippen LogP contribution is 2.10. The van der Waals surface area contributed by atoms with Gasteiger partial charge >= 0.3 is 0 Å². The van der Waals surface area contributed by atoms with E-state index in [1.165, 1.54) is 0 Å². The number of rotatable bonds is 7. The van der Waals surface area contributed by atoms with Gasteiger partial charge in [-0.3, -0.25) is 0 Å². The maximum atomic E-state index is 5.65. The second-order valence-electron chi connectivity index (χ2n) is 2.78. The molecule has 1 heterocycles. The SMILES string of the molecule is C#CCOC[C@H](CCl)OC[C@H]1CO1. The fourth-order valence-corrected chi connectivity index (χ4v) is 0.972. The van der Waals surface area contributed by atoms with Crippen LogP contribution in [0.1, 0.15) is 0 Å². The van der Waals surface area contributed by atoms with Crippen molar-refractivity contribution in [2.24, 2.45) is 0 Å². The second-order valence-corrected chi connectivity index (χ2v) is 3.09. The molecule has 13 heavy (non-hydrogen) atoms. The summed E-state index contributed by atoms with van der Waals surface area (Å²) in [5.74, 6) is 2.79. The standard InChI is InChI=1S/C9H13ClO3/c1-2-3-11-5-8(4-10)12-6-9-7-13-9/h1,8-9H,3-7H2/t8-,9-/m0/s1. The minimum atomic E-state index is -0.0841. The summed E-state index contributed by atoms with van der Waals surface area (Å²) in [6, 6.07) is 0. The molecule has 0 amide bonds. The van der Waals surface area contributed by atoms with Crippen molar-refractivity contribution < 1.29 is 14.2 Å². The third-order valence-electron chi connectivity index (χ3n) is 1.58. The molecule has 1 saturated heterocycles. The van der Waals surface area contributed by atoms with Crippen molar-refractivity contribution in [1.29, 1.82) is 0 Å². The van der Waals surface area contributed by atoms with Gasteiger partial charge in [0.1, 0.15) is 12.7 Å². The van der Waals surface area contributed by atoms with Crippen LogP contribution in [0.3, 0.4) is 0 Å². The van der Waals surface area contributed by atoms with Crippen LogP contribution in [0, 0.1) is 12.3 Å². The van der Waals surface area contributed by atoms with E-state index in [9.17, 15) is 0 Å². The molecule has 1 aliphatic rings. The molecule has 0 aromatic carbocycles. The van der Waals surface area contributed by atoms with Crippen LogP contribution >= 0.6 is 11.6 Å². The van der Waals surface area contributed by atoms with E-state index < -0.39 is 0 Å². The van der Waals surface area contributed by atoms with E-state index in [-0.39, 0.29) is 12.2 Å². The van der Waals surface area contributed by atoms with Gasteiger partial charge in [0.05, 0.1) is 31.8 Å². The van der Waals surface area contributed by atoms with E-state index >= 15 is 0 Å². The van der Waals surface area contributed by atoms with Crippen LogP contribution < -0.4 is 0 Å². The molecular weight excluding hydrogens is 192 g/mol. The Morgan fingerprint density at radius 3 is 3.00 bits per heavy atom. The molecular formula is C9H13ClO3. The first kappa shape index (κ1) is 10.8. The number of epoxide rings is 1. The van der Waals surface area contributed by atoms with Gasteiger partial charge in [0.25, 0.3) is 0 Å². The number of hydrogen-bond acceptors (Lipinski definition) is 3. The zero-order valence-corrected chi connectivity index (χ0v) is 8.13. The lowest BCUT2D eigenvalue weighted by Crippen LogP contribution is -2.23. The van der Waals surface area contributed by atoms with Crippen molar-refractivity contribution in [2.45, 2.75) is 12.2 Å². The molecule has 0 aromatic heterocycles. The van der Waals surface area contributed by atoms with Gasteiger partial charge in [-0.15, -0.1) is 18.0 Å². The van der Waals surface area contributed by atoms with Crippen LogP contribution in [0.5, 0.6) is 0 Å². The minimum absolute atomic E-state index is 0.0841. The van der Waals surface area contributed by atoms with E-state index in [4.69, 9.17) is 32.2 Å². The lowest BCUT2D eigenvalue weighted by Gasteiger charge is -2.13. The summed E-state index contributed by atoms with van der Waals surface area (Å²) >= 11 is 5.65. The molecule has 4 heteroatoms. The summed E-state index contributed by atoms with van der Waals surface area (Å²) in [4.78, 5) is 0. The average Bonchev–Trinajstić information content (AvgIpc) is 2.94. The first-order chi connectivity index (χ1) is 6.36. The van der Waals surface area contributed by atoms with Gasteiger partial charge in [0.15, 0.2) is 0 Å². The topological polar surface area (TPSA) is 31.0 Å². The molecule has 0 saturated carbocycles. The molecule has 0 aromatic rings. The number of ether oxygens (including phenoxy) is 3. The Balaban J connectivity index is 1.99. The van der Waals surface area contributed by atoms with Crippen LogP contribution in [-0.2, 0) is 14.2 Å². The van der Waals surface area contributed by atoms with Crippen molar-refractivity contribution >= 4 is 11.6 Å². The van der Waals surface area contributed by atoms with Gasteiger partial charge in [-0.25, -0.2) is 0 Å². The number of alkyl halides is 1. The van der Waals surface area contributed by atoms with Crippen molar-refractivity contribution in [3.05, 3.63) is 0 Å². The first-order valence-electron chi connectivity index (χ1n) is 4.17. The van der Waals surface area contributed by atoms with E-state index in [0.717, 1.165) is 6.61 Å². The lowest BCUT2D eigenvalue weighted by molar-refractivity contribution is -0.00201. The minimum Gasteiger partial charge on any atom is -0.372 e. The van der Waals surface area contributed by atoms with Crippen LogP contribution in [0.15, 0.2) is 0 Å². The maximum absolute atomic E-state index is 5.65. The fourth-order valence-electron chi connectivity index (χ4n) is 0.794. The van der Waals surface area contributed by atoms with Crippen LogP contribution in [-0.4, -0.2) is 44.5 Å². The van der Waals surface area contributed by atoms with E-state index in [1.807, 2.05) is 0 Å². The smallest absolute Gasteiger partial charge is 0.107 e. The maximum Gasteiger partial charge on any atom is 0.107 e. The van der Waals surface area contributed by atoms with Crippen LogP contribution in [0.25, 0.3) is 0 Å². The molecule has 0 aliphatic carbocycles. The Kier molecular flexibility index (Phi) is 5.18. The Morgan fingerprint density at radius 2 is 2.46 bits per heavy atom. The van der Waals surface area contributed by atoms with Crippen molar-refractivity contribution in [2.75, 3.05) is 32.3 Å². The third-order valence-corrected chi connectivity index (χ3v) is 1.93. The third kappa shape index (κ3) is 5.12. The van der Waals surface area contributed by atoms with Crippen LogP contribution in [0.2, 0.25) is 0 Å². The molecule has 74 valence electrons. The lowest BCUT2D eigenvalue weighted by atomic mass is 10.4. The normalized spacial score (nSPS) is 22.3. The zero-order valence-electron chi connectivity index (χ0n) is 7.37. The van der Waals surface area contributed by atoms with Gasteiger partial charge in [0.2, 0.25) is 0 Å². The summed E-state index contributed by atoms with van der Waals surface area (Å²) in [5.41, 5.74) is 0. The Bertz CT molecular complexity index is 174. The number of halogens is 1. The molecule has 0 N–H and O–H groups in total. The van der Waals surface area contributed by atoms with Crippen molar-refractivity contribution in [3.8, 4) is 12.3 Å². The van der Waals surface area contributed by atoms with Crippen molar-refractivity contribution in [3.63, 3.8) is 0 Å².